The second kappa shape index (κ2) is 9.27. The van der Waals surface area contributed by atoms with Gasteiger partial charge in [-0.3, -0.25) is 9.69 Å². The van der Waals surface area contributed by atoms with Gasteiger partial charge in [0.15, 0.2) is 0 Å². The van der Waals surface area contributed by atoms with Gasteiger partial charge >= 0.3 is 0 Å². The van der Waals surface area contributed by atoms with Gasteiger partial charge in [0.05, 0.1) is 4.70 Å². The molecule has 1 aliphatic carbocycles. The molecule has 1 aromatic heterocycles. The van der Waals surface area contributed by atoms with Crippen molar-refractivity contribution in [3.05, 3.63) is 78.4 Å². The molecule has 164 valence electrons. The van der Waals surface area contributed by atoms with Crippen molar-refractivity contribution < 1.29 is 4.79 Å². The summed E-state index contributed by atoms with van der Waals surface area (Å²) in [4.78, 5) is 17.1. The van der Waals surface area contributed by atoms with Crippen LogP contribution >= 0.6 is 11.5 Å². The highest BCUT2D eigenvalue weighted by atomic mass is 32.1. The fourth-order valence-electron chi connectivity index (χ4n) is 4.49. The molecule has 1 saturated carbocycles. The first-order chi connectivity index (χ1) is 15.7. The second-order valence-corrected chi connectivity index (χ2v) is 9.37. The lowest BCUT2D eigenvalue weighted by atomic mass is 10.2. The molecule has 2 aliphatic rings. The summed E-state index contributed by atoms with van der Waals surface area (Å²) in [7, 11) is 0. The van der Waals surface area contributed by atoms with E-state index in [1.54, 1.807) is 17.6 Å². The maximum absolute atomic E-state index is 12.1. The third-order valence-electron chi connectivity index (χ3n) is 6.54. The average molecular weight is 445 g/mol. The number of fused-ring (bicyclic) bond motifs is 1. The maximum Gasteiger partial charge on any atom is 0.244 e. The third kappa shape index (κ3) is 4.61. The highest BCUT2D eigenvalue weighted by Gasteiger charge is 2.43. The highest BCUT2D eigenvalue weighted by molar-refractivity contribution is 7.13. The minimum absolute atomic E-state index is 0.0450. The molecule has 1 saturated heterocycles. The fourth-order valence-corrected chi connectivity index (χ4v) is 5.29. The molecule has 2 aromatic carbocycles. The van der Waals surface area contributed by atoms with Gasteiger partial charge < -0.3 is 10.2 Å². The quantitative estimate of drug-likeness (QED) is 0.441. The Morgan fingerprint density at radius 2 is 1.81 bits per heavy atom. The molecular formula is C26H28N4OS. The summed E-state index contributed by atoms with van der Waals surface area (Å²) in [6.45, 7) is 10.0. The van der Waals surface area contributed by atoms with E-state index in [0.717, 1.165) is 44.1 Å². The lowest BCUT2D eigenvalue weighted by Gasteiger charge is -2.35. The van der Waals surface area contributed by atoms with Gasteiger partial charge in [-0.05, 0) is 35.3 Å². The molecule has 2 fully saturated rings. The van der Waals surface area contributed by atoms with Crippen LogP contribution in [0.25, 0.3) is 16.2 Å². The summed E-state index contributed by atoms with van der Waals surface area (Å²) in [5, 5.41) is 4.30. The number of carbonyl (C=O) groups is 1. The molecule has 5 nitrogen and oxygen atoms in total. The van der Waals surface area contributed by atoms with E-state index in [-0.39, 0.29) is 5.91 Å². The van der Waals surface area contributed by atoms with Crippen LogP contribution < -0.4 is 10.2 Å². The number of carbonyl (C=O) groups excluding carboxylic acids is 1. The zero-order valence-corrected chi connectivity index (χ0v) is 18.9. The number of piperazine rings is 1. The normalized spacial score (nSPS) is 21.4. The minimum atomic E-state index is -0.0450. The molecule has 1 N–H and O–H groups in total. The fraction of sp³-hybridized carbons (Fsp3) is 0.308. The van der Waals surface area contributed by atoms with Crippen molar-refractivity contribution in [2.45, 2.75) is 0 Å². The van der Waals surface area contributed by atoms with Crippen LogP contribution in [0, 0.1) is 11.8 Å². The van der Waals surface area contributed by atoms with E-state index in [2.05, 4.69) is 46.0 Å². The van der Waals surface area contributed by atoms with Crippen molar-refractivity contribution in [1.82, 2.24) is 14.6 Å². The van der Waals surface area contributed by atoms with Crippen LogP contribution in [-0.4, -0.2) is 54.4 Å². The van der Waals surface area contributed by atoms with Crippen molar-refractivity contribution in [2.24, 2.45) is 11.8 Å². The number of nitrogens with zero attached hydrogens (tertiary/aromatic N) is 3. The lowest BCUT2D eigenvalue weighted by Crippen LogP contribution is -2.47. The number of aromatic nitrogens is 1. The Morgan fingerprint density at radius 3 is 2.62 bits per heavy atom. The molecule has 0 bridgehead atoms. The van der Waals surface area contributed by atoms with Gasteiger partial charge in [0.25, 0.3) is 0 Å². The summed E-state index contributed by atoms with van der Waals surface area (Å²) in [5.41, 5.74) is 2.30. The summed E-state index contributed by atoms with van der Waals surface area (Å²) in [6, 6.07) is 18.3. The predicted molar refractivity (Wildman–Crippen MR) is 133 cm³/mol. The van der Waals surface area contributed by atoms with Gasteiger partial charge in [-0.25, -0.2) is 0 Å². The SMILES string of the molecule is C=C1[C@H](CNC(=O)C=Cc2ccccc2)[C@H]1CN1CCN(c2nsc3ccccc23)CC1. The average Bonchev–Trinajstić information content (AvgIpc) is 3.23. The summed E-state index contributed by atoms with van der Waals surface area (Å²) in [5.74, 6) is 1.96. The van der Waals surface area contributed by atoms with Crippen molar-refractivity contribution >= 4 is 39.4 Å². The number of hydrogen-bond acceptors (Lipinski definition) is 5. The molecule has 2 heterocycles. The first kappa shape index (κ1) is 20.9. The number of anilines is 1. The topological polar surface area (TPSA) is 48.5 Å². The van der Waals surface area contributed by atoms with Crippen molar-refractivity contribution in [1.29, 1.82) is 0 Å². The van der Waals surface area contributed by atoms with E-state index in [4.69, 9.17) is 4.37 Å². The van der Waals surface area contributed by atoms with Crippen molar-refractivity contribution in [3.63, 3.8) is 0 Å². The van der Waals surface area contributed by atoms with E-state index in [0.29, 0.717) is 18.4 Å². The van der Waals surface area contributed by atoms with Crippen LogP contribution in [0.4, 0.5) is 5.82 Å². The molecule has 0 radical (unpaired) electrons. The van der Waals surface area contributed by atoms with Crippen LogP contribution in [0.2, 0.25) is 0 Å². The Morgan fingerprint density at radius 1 is 1.06 bits per heavy atom. The Kier molecular flexibility index (Phi) is 6.06. The second-order valence-electron chi connectivity index (χ2n) is 8.57. The number of hydrogen-bond donors (Lipinski definition) is 1. The van der Waals surface area contributed by atoms with Crippen LogP contribution in [0.1, 0.15) is 5.56 Å². The van der Waals surface area contributed by atoms with Gasteiger partial charge in [-0.15, -0.1) is 0 Å². The van der Waals surface area contributed by atoms with Crippen LogP contribution in [0.5, 0.6) is 0 Å². The van der Waals surface area contributed by atoms with Gasteiger partial charge in [0.2, 0.25) is 5.91 Å². The van der Waals surface area contributed by atoms with Crippen LogP contribution in [0.15, 0.2) is 72.8 Å². The first-order valence-corrected chi connectivity index (χ1v) is 12.0. The largest absolute Gasteiger partial charge is 0.353 e. The third-order valence-corrected chi connectivity index (χ3v) is 7.35. The number of amides is 1. The highest BCUT2D eigenvalue weighted by Crippen LogP contribution is 2.44. The van der Waals surface area contributed by atoms with E-state index in [1.807, 2.05) is 36.4 Å². The summed E-state index contributed by atoms with van der Waals surface area (Å²) >= 11 is 1.58. The molecule has 6 heteroatoms. The Bertz CT molecular complexity index is 1130. The first-order valence-electron chi connectivity index (χ1n) is 11.2. The molecule has 0 spiro atoms. The number of rotatable bonds is 7. The Labute approximate surface area is 193 Å². The zero-order valence-electron chi connectivity index (χ0n) is 18.1. The molecule has 0 unspecified atom stereocenters. The molecule has 32 heavy (non-hydrogen) atoms. The smallest absolute Gasteiger partial charge is 0.244 e. The molecule has 2 atom stereocenters. The monoisotopic (exact) mass is 444 g/mol. The van der Waals surface area contributed by atoms with E-state index in [9.17, 15) is 4.79 Å². The molecule has 1 amide bonds. The van der Waals surface area contributed by atoms with Crippen molar-refractivity contribution in [2.75, 3.05) is 44.2 Å². The molecule has 5 rings (SSSR count). The van der Waals surface area contributed by atoms with E-state index in [1.165, 1.54) is 15.7 Å². The maximum atomic E-state index is 12.1. The summed E-state index contributed by atoms with van der Waals surface area (Å²) < 4.78 is 5.96. The summed E-state index contributed by atoms with van der Waals surface area (Å²) in [6.07, 6.45) is 3.45. The predicted octanol–water partition coefficient (Wildman–Crippen LogP) is 4.05. The molecular weight excluding hydrogens is 416 g/mol. The lowest BCUT2D eigenvalue weighted by molar-refractivity contribution is -0.116. The Hall–Kier alpha value is -2.96. The van der Waals surface area contributed by atoms with Crippen LogP contribution in [-0.2, 0) is 4.79 Å². The van der Waals surface area contributed by atoms with Crippen molar-refractivity contribution in [3.8, 4) is 0 Å². The van der Waals surface area contributed by atoms with E-state index < -0.39 is 0 Å². The van der Waals surface area contributed by atoms with Gasteiger partial charge in [-0.2, -0.15) is 4.37 Å². The Balaban J connectivity index is 1.07. The molecule has 1 aliphatic heterocycles. The minimum Gasteiger partial charge on any atom is -0.353 e. The standard InChI is InChI=1S/C26H28N4OS/c1-19-22(17-27-25(31)12-11-20-7-3-2-4-8-20)23(19)18-29-13-15-30(16-14-29)26-21-9-5-6-10-24(21)32-28-26/h2-12,22-23H,1,13-18H2,(H,27,31)/t22-,23-/m0/s1. The molecule has 3 aromatic rings. The van der Waals surface area contributed by atoms with Gasteiger partial charge in [-0.1, -0.05) is 54.6 Å². The number of benzene rings is 2. The van der Waals surface area contributed by atoms with Gasteiger partial charge in [0.1, 0.15) is 5.82 Å². The zero-order chi connectivity index (χ0) is 21.9. The van der Waals surface area contributed by atoms with E-state index >= 15 is 0 Å². The number of nitrogens with one attached hydrogen (secondary N) is 1. The van der Waals surface area contributed by atoms with Gasteiger partial charge in [0, 0.05) is 62.6 Å². The van der Waals surface area contributed by atoms with Crippen LogP contribution in [0.3, 0.4) is 0 Å².